The highest BCUT2D eigenvalue weighted by atomic mass is 16.4. The number of aliphatic hydroxyl groups excluding tert-OH is 1. The Bertz CT molecular complexity index is 787. The molecule has 0 radical (unpaired) electrons. The summed E-state index contributed by atoms with van der Waals surface area (Å²) in [5.41, 5.74) is 11.3. The first kappa shape index (κ1) is 25.5. The van der Waals surface area contributed by atoms with Gasteiger partial charge in [-0.15, -0.1) is 0 Å². The van der Waals surface area contributed by atoms with E-state index >= 15 is 0 Å². The van der Waals surface area contributed by atoms with Gasteiger partial charge in [0, 0.05) is 12.8 Å². The lowest BCUT2D eigenvalue weighted by atomic mass is 10.0. The Balaban J connectivity index is 2.99. The van der Waals surface area contributed by atoms with Gasteiger partial charge in [0.05, 0.1) is 6.61 Å². The molecule has 31 heavy (non-hydrogen) atoms. The Kier molecular flexibility index (Phi) is 10.6. The highest BCUT2D eigenvalue weighted by molar-refractivity contribution is 5.94. The maximum atomic E-state index is 12.9. The lowest BCUT2D eigenvalue weighted by Gasteiger charge is -2.24. The zero-order valence-electron chi connectivity index (χ0n) is 16.7. The van der Waals surface area contributed by atoms with Crippen LogP contribution in [-0.2, 0) is 30.4 Å². The van der Waals surface area contributed by atoms with Gasteiger partial charge in [-0.05, 0) is 12.0 Å². The average molecular weight is 437 g/mol. The lowest BCUT2D eigenvalue weighted by Crippen LogP contribution is -2.57. The van der Waals surface area contributed by atoms with Crippen LogP contribution in [0.5, 0.6) is 0 Å². The molecule has 0 aliphatic rings. The largest absolute Gasteiger partial charge is 0.480 e. The first-order valence-corrected chi connectivity index (χ1v) is 9.43. The van der Waals surface area contributed by atoms with Gasteiger partial charge in [0.2, 0.25) is 23.6 Å². The van der Waals surface area contributed by atoms with Gasteiger partial charge in [-0.2, -0.15) is 0 Å². The monoisotopic (exact) mass is 437 g/mol. The SMILES string of the molecule is NC(=O)CCC(NC(=O)C(Cc1ccccc1)NC(=O)C(N)CO)C(=O)NCC(=O)O. The van der Waals surface area contributed by atoms with Gasteiger partial charge in [-0.25, -0.2) is 0 Å². The van der Waals surface area contributed by atoms with E-state index in [-0.39, 0.29) is 19.3 Å². The van der Waals surface area contributed by atoms with Gasteiger partial charge in [-0.1, -0.05) is 30.3 Å². The van der Waals surface area contributed by atoms with Crippen molar-refractivity contribution in [1.29, 1.82) is 0 Å². The fraction of sp³-hybridized carbons (Fsp3) is 0.421. The molecule has 170 valence electrons. The number of aliphatic hydroxyl groups is 1. The number of benzene rings is 1. The van der Waals surface area contributed by atoms with Crippen molar-refractivity contribution in [3.8, 4) is 0 Å². The molecule has 0 aromatic heterocycles. The number of carboxylic acids is 1. The fourth-order valence-corrected chi connectivity index (χ4v) is 2.53. The third kappa shape index (κ3) is 9.69. The van der Waals surface area contributed by atoms with Crippen LogP contribution in [0.1, 0.15) is 18.4 Å². The van der Waals surface area contributed by atoms with Crippen molar-refractivity contribution in [2.75, 3.05) is 13.2 Å². The second-order valence-corrected chi connectivity index (χ2v) is 6.72. The van der Waals surface area contributed by atoms with Crippen molar-refractivity contribution in [1.82, 2.24) is 16.0 Å². The van der Waals surface area contributed by atoms with Crippen LogP contribution in [0.15, 0.2) is 30.3 Å². The summed E-state index contributed by atoms with van der Waals surface area (Å²) in [5, 5.41) is 24.7. The van der Waals surface area contributed by atoms with Crippen LogP contribution in [-0.4, -0.2) is 71.1 Å². The van der Waals surface area contributed by atoms with Crippen LogP contribution in [0.4, 0.5) is 0 Å². The minimum absolute atomic E-state index is 0.0514. The second kappa shape index (κ2) is 12.9. The van der Waals surface area contributed by atoms with Crippen LogP contribution in [0.3, 0.4) is 0 Å². The predicted octanol–water partition coefficient (Wildman–Crippen LogP) is -3.02. The number of primary amides is 1. The van der Waals surface area contributed by atoms with E-state index in [1.165, 1.54) is 0 Å². The highest BCUT2D eigenvalue weighted by Crippen LogP contribution is 2.06. The van der Waals surface area contributed by atoms with Gasteiger partial charge >= 0.3 is 5.97 Å². The summed E-state index contributed by atoms with van der Waals surface area (Å²) in [5.74, 6) is -4.37. The average Bonchev–Trinajstić information content (AvgIpc) is 2.74. The number of carbonyl (C=O) groups is 5. The number of hydrogen-bond acceptors (Lipinski definition) is 7. The van der Waals surface area contributed by atoms with E-state index < -0.39 is 60.9 Å². The molecule has 9 N–H and O–H groups in total. The molecule has 3 atom stereocenters. The maximum absolute atomic E-state index is 12.9. The normalized spacial score (nSPS) is 13.4. The molecule has 12 nitrogen and oxygen atoms in total. The summed E-state index contributed by atoms with van der Waals surface area (Å²) in [6.45, 7) is -1.32. The minimum Gasteiger partial charge on any atom is -0.480 e. The molecule has 0 fully saturated rings. The number of aliphatic carboxylic acids is 1. The van der Waals surface area contributed by atoms with E-state index in [2.05, 4.69) is 16.0 Å². The molecular weight excluding hydrogens is 410 g/mol. The minimum atomic E-state index is -1.29. The molecular formula is C19H27N5O7. The van der Waals surface area contributed by atoms with Gasteiger partial charge in [0.25, 0.3) is 0 Å². The number of nitrogens with two attached hydrogens (primary N) is 2. The highest BCUT2D eigenvalue weighted by Gasteiger charge is 2.28. The fourth-order valence-electron chi connectivity index (χ4n) is 2.53. The van der Waals surface area contributed by atoms with Crippen LogP contribution < -0.4 is 27.4 Å². The summed E-state index contributed by atoms with van der Waals surface area (Å²) in [6, 6.07) is 5.02. The van der Waals surface area contributed by atoms with Crippen LogP contribution in [0.25, 0.3) is 0 Å². The van der Waals surface area contributed by atoms with E-state index in [9.17, 15) is 24.0 Å². The van der Waals surface area contributed by atoms with Crippen molar-refractivity contribution < 1.29 is 34.2 Å². The van der Waals surface area contributed by atoms with Gasteiger partial charge in [0.15, 0.2) is 0 Å². The Morgan fingerprint density at radius 3 is 2.10 bits per heavy atom. The van der Waals surface area contributed by atoms with Crippen LogP contribution in [0, 0.1) is 0 Å². The molecule has 0 saturated carbocycles. The van der Waals surface area contributed by atoms with Crippen molar-refractivity contribution >= 4 is 29.6 Å². The van der Waals surface area contributed by atoms with E-state index in [0.717, 1.165) is 0 Å². The molecule has 0 spiro atoms. The molecule has 4 amide bonds. The molecule has 1 aromatic rings. The van der Waals surface area contributed by atoms with Crippen molar-refractivity contribution in [3.63, 3.8) is 0 Å². The van der Waals surface area contributed by atoms with Crippen molar-refractivity contribution in [3.05, 3.63) is 35.9 Å². The summed E-state index contributed by atoms with van der Waals surface area (Å²) >= 11 is 0. The number of rotatable bonds is 13. The van der Waals surface area contributed by atoms with Crippen molar-refractivity contribution in [2.24, 2.45) is 11.5 Å². The number of amides is 4. The number of nitrogens with one attached hydrogen (secondary N) is 3. The van der Waals surface area contributed by atoms with E-state index in [1.807, 2.05) is 0 Å². The topological polar surface area (TPSA) is 214 Å². The number of carboxylic acid groups (broad SMARTS) is 1. The zero-order valence-corrected chi connectivity index (χ0v) is 16.7. The first-order valence-electron chi connectivity index (χ1n) is 9.43. The summed E-state index contributed by atoms with van der Waals surface area (Å²) < 4.78 is 0. The summed E-state index contributed by atoms with van der Waals surface area (Å²) in [4.78, 5) is 59.0. The van der Waals surface area contributed by atoms with Crippen LogP contribution in [0.2, 0.25) is 0 Å². The van der Waals surface area contributed by atoms with Gasteiger partial charge in [0.1, 0.15) is 24.7 Å². The first-order chi connectivity index (χ1) is 14.6. The third-order valence-corrected chi connectivity index (χ3v) is 4.18. The van der Waals surface area contributed by atoms with E-state index in [0.29, 0.717) is 5.56 Å². The Morgan fingerprint density at radius 1 is 0.935 bits per heavy atom. The molecule has 0 heterocycles. The number of carbonyl (C=O) groups excluding carboxylic acids is 4. The van der Waals surface area contributed by atoms with Crippen molar-refractivity contribution in [2.45, 2.75) is 37.4 Å². The summed E-state index contributed by atoms with van der Waals surface area (Å²) in [6.07, 6.45) is -0.360. The molecule has 12 heteroatoms. The third-order valence-electron chi connectivity index (χ3n) is 4.18. The predicted molar refractivity (Wildman–Crippen MR) is 108 cm³/mol. The number of hydrogen-bond donors (Lipinski definition) is 7. The molecule has 1 rings (SSSR count). The lowest BCUT2D eigenvalue weighted by molar-refractivity contribution is -0.138. The maximum Gasteiger partial charge on any atom is 0.322 e. The quantitative estimate of drug-likeness (QED) is 0.168. The zero-order chi connectivity index (χ0) is 23.4. The molecule has 0 bridgehead atoms. The standard InChI is InChI=1S/C19H27N5O7/c20-12(10-25)17(29)24-14(8-11-4-2-1-3-5-11)19(31)23-13(6-7-15(21)26)18(30)22-9-16(27)28/h1-5,12-14,25H,6-10,20H2,(H2,21,26)(H,22,30)(H,23,31)(H,24,29)(H,27,28). The molecule has 1 aromatic carbocycles. The Morgan fingerprint density at radius 2 is 1.55 bits per heavy atom. The molecule has 0 aliphatic carbocycles. The summed E-state index contributed by atoms with van der Waals surface area (Å²) in [7, 11) is 0. The van der Waals surface area contributed by atoms with E-state index in [1.54, 1.807) is 30.3 Å². The molecule has 0 aliphatic heterocycles. The van der Waals surface area contributed by atoms with E-state index in [4.69, 9.17) is 21.7 Å². The Hall–Kier alpha value is -3.51. The molecule has 3 unspecified atom stereocenters. The van der Waals surface area contributed by atoms with Gasteiger partial charge < -0.3 is 37.6 Å². The Labute approximate surface area is 178 Å². The second-order valence-electron chi connectivity index (χ2n) is 6.72. The van der Waals surface area contributed by atoms with Gasteiger partial charge in [-0.3, -0.25) is 24.0 Å². The molecule has 0 saturated heterocycles. The van der Waals surface area contributed by atoms with Crippen LogP contribution >= 0.6 is 0 Å². The smallest absolute Gasteiger partial charge is 0.322 e.